The first-order valence-electron chi connectivity index (χ1n) is 11.7. The molecule has 3 rings (SSSR count). The Labute approximate surface area is 182 Å². The molecule has 30 heavy (non-hydrogen) atoms. The Morgan fingerprint density at radius 3 is 2.20 bits per heavy atom. The van der Waals surface area contributed by atoms with E-state index in [-0.39, 0.29) is 13.2 Å². The van der Waals surface area contributed by atoms with E-state index < -0.39 is 0 Å². The summed E-state index contributed by atoms with van der Waals surface area (Å²) in [5.74, 6) is 0. The van der Waals surface area contributed by atoms with Crippen LogP contribution in [0.25, 0.3) is 0 Å². The van der Waals surface area contributed by atoms with Gasteiger partial charge in [0, 0.05) is 58.9 Å². The second kappa shape index (κ2) is 21.8. The Kier molecular flexibility index (Phi) is 20.1. The third-order valence-electron chi connectivity index (χ3n) is 5.19. The van der Waals surface area contributed by atoms with Crippen LogP contribution in [0.2, 0.25) is 0 Å². The number of nitrogens with zero attached hydrogens (tertiary/aromatic N) is 1. The minimum absolute atomic E-state index is 0.199. The van der Waals surface area contributed by atoms with Crippen molar-refractivity contribution in [1.29, 1.82) is 0 Å². The molecule has 0 aromatic carbocycles. The standard InChI is InChI=1S/C10H23N3O2.C6H13NO2.C4H10N2/c14-8-3-12-4-9-15-10-7-13-5-1-11-2-6-13;8-4-1-7-2-5-9-6-3-7;1-2-6-4-3-5-1/h11-12,14H,1-10H2;8H,1-6H2;5-6H,1-4H2/p+2. The van der Waals surface area contributed by atoms with Gasteiger partial charge >= 0.3 is 0 Å². The van der Waals surface area contributed by atoms with Gasteiger partial charge in [-0.3, -0.25) is 4.90 Å². The van der Waals surface area contributed by atoms with Crippen molar-refractivity contribution in [2.75, 3.05) is 131 Å². The molecule has 0 atom stereocenters. The van der Waals surface area contributed by atoms with Gasteiger partial charge in [-0.05, 0) is 0 Å². The van der Waals surface area contributed by atoms with Crippen molar-refractivity contribution in [3.63, 3.8) is 0 Å². The van der Waals surface area contributed by atoms with Gasteiger partial charge in [-0.2, -0.15) is 0 Å². The van der Waals surface area contributed by atoms with Gasteiger partial charge in [-0.25, -0.2) is 0 Å². The number of aliphatic hydroxyl groups is 2. The zero-order valence-corrected chi connectivity index (χ0v) is 18.9. The molecule has 3 saturated heterocycles. The highest BCUT2D eigenvalue weighted by molar-refractivity contribution is 4.59. The fraction of sp³-hybridized carbons (Fsp3) is 1.00. The van der Waals surface area contributed by atoms with Crippen LogP contribution in [-0.2, 0) is 9.47 Å². The molecule has 3 fully saturated rings. The molecular formula is C20H48N6O4+2. The quantitative estimate of drug-likeness (QED) is 0.170. The van der Waals surface area contributed by atoms with Gasteiger partial charge < -0.3 is 45.9 Å². The summed E-state index contributed by atoms with van der Waals surface area (Å²) in [5.41, 5.74) is 0. The Morgan fingerprint density at radius 2 is 1.63 bits per heavy atom. The first-order valence-corrected chi connectivity index (χ1v) is 11.7. The number of β-amino-alcohol motifs (C(OH)–C–C–N with tert-alkyl or cyclic N) is 1. The molecule has 10 nitrogen and oxygen atoms in total. The average molecular weight is 437 g/mol. The van der Waals surface area contributed by atoms with Crippen LogP contribution in [0.1, 0.15) is 0 Å². The predicted molar refractivity (Wildman–Crippen MR) is 118 cm³/mol. The fourth-order valence-corrected chi connectivity index (χ4v) is 3.34. The minimum Gasteiger partial charge on any atom is -0.395 e. The summed E-state index contributed by atoms with van der Waals surface area (Å²) in [5, 5.41) is 29.1. The zero-order chi connectivity index (χ0) is 21.5. The van der Waals surface area contributed by atoms with E-state index in [0.717, 1.165) is 72.2 Å². The lowest BCUT2D eigenvalue weighted by Crippen LogP contribution is -3.15. The van der Waals surface area contributed by atoms with Gasteiger partial charge in [0.25, 0.3) is 0 Å². The van der Waals surface area contributed by atoms with Crippen LogP contribution in [0.3, 0.4) is 0 Å². The maximum absolute atomic E-state index is 8.54. The minimum atomic E-state index is 0.199. The second-order valence-electron chi connectivity index (χ2n) is 7.63. The summed E-state index contributed by atoms with van der Waals surface area (Å²) in [6.45, 7) is 18.6. The smallest absolute Gasteiger partial charge is 0.101 e. The molecule has 0 aromatic heterocycles. The van der Waals surface area contributed by atoms with Gasteiger partial charge in [-0.15, -0.1) is 0 Å². The lowest BCUT2D eigenvalue weighted by molar-refractivity contribution is -0.902. The van der Waals surface area contributed by atoms with E-state index >= 15 is 0 Å². The third-order valence-corrected chi connectivity index (χ3v) is 5.19. The number of hydrogen-bond acceptors (Lipinski definition) is 8. The van der Waals surface area contributed by atoms with Crippen molar-refractivity contribution < 1.29 is 29.9 Å². The number of rotatable bonds is 10. The van der Waals surface area contributed by atoms with Gasteiger partial charge in [-0.1, -0.05) is 0 Å². The van der Waals surface area contributed by atoms with Gasteiger partial charge in [0.05, 0.1) is 65.8 Å². The van der Waals surface area contributed by atoms with Gasteiger partial charge in [0.15, 0.2) is 0 Å². The number of quaternary nitrogens is 2. The van der Waals surface area contributed by atoms with Crippen molar-refractivity contribution in [1.82, 2.24) is 20.9 Å². The van der Waals surface area contributed by atoms with Crippen molar-refractivity contribution in [3.05, 3.63) is 0 Å². The molecule has 10 heteroatoms. The highest BCUT2D eigenvalue weighted by atomic mass is 16.5. The summed E-state index contributed by atoms with van der Waals surface area (Å²) < 4.78 is 10.6. The van der Waals surface area contributed by atoms with E-state index in [0.29, 0.717) is 6.54 Å². The Morgan fingerprint density at radius 1 is 0.933 bits per heavy atom. The van der Waals surface area contributed by atoms with Crippen LogP contribution in [-0.4, -0.2) is 146 Å². The van der Waals surface area contributed by atoms with Gasteiger partial charge in [0.1, 0.15) is 6.54 Å². The second-order valence-corrected chi connectivity index (χ2v) is 7.63. The van der Waals surface area contributed by atoms with Crippen LogP contribution < -0.4 is 26.2 Å². The van der Waals surface area contributed by atoms with Crippen LogP contribution >= 0.6 is 0 Å². The van der Waals surface area contributed by atoms with E-state index in [9.17, 15) is 0 Å². The number of nitrogens with two attached hydrogens (primary N) is 1. The maximum atomic E-state index is 8.54. The largest absolute Gasteiger partial charge is 0.395 e. The normalized spacial score (nSPS) is 20.6. The topological polar surface area (TPSA) is 119 Å². The Balaban J connectivity index is 0.000000252. The molecular weight excluding hydrogens is 388 g/mol. The SMILES string of the molecule is C1C[NH2+]CCN1.OCCN1CCOCC1.OCCNCCOCC[NH+]1CCNCC1. The molecule has 0 aliphatic carbocycles. The van der Waals surface area contributed by atoms with Crippen LogP contribution in [0, 0.1) is 0 Å². The van der Waals surface area contributed by atoms with Crippen LogP contribution in [0.5, 0.6) is 0 Å². The van der Waals surface area contributed by atoms with Crippen LogP contribution in [0.15, 0.2) is 0 Å². The molecule has 0 bridgehead atoms. The van der Waals surface area contributed by atoms with E-state index in [4.69, 9.17) is 19.7 Å². The molecule has 3 aliphatic rings. The molecule has 180 valence electrons. The van der Waals surface area contributed by atoms with Crippen molar-refractivity contribution >= 4 is 0 Å². The molecule has 0 saturated carbocycles. The lowest BCUT2D eigenvalue weighted by atomic mass is 10.4. The lowest BCUT2D eigenvalue weighted by Gasteiger charge is -2.25. The number of ether oxygens (including phenoxy) is 2. The van der Waals surface area contributed by atoms with E-state index in [1.807, 2.05) is 0 Å². The molecule has 0 amide bonds. The summed E-state index contributed by atoms with van der Waals surface area (Å²) in [4.78, 5) is 3.83. The molecule has 8 N–H and O–H groups in total. The number of hydrogen-bond donors (Lipinski definition) is 7. The summed E-state index contributed by atoms with van der Waals surface area (Å²) >= 11 is 0. The highest BCUT2D eigenvalue weighted by Gasteiger charge is 2.11. The fourth-order valence-electron chi connectivity index (χ4n) is 3.34. The van der Waals surface area contributed by atoms with Crippen molar-refractivity contribution in [3.8, 4) is 0 Å². The number of aliphatic hydroxyl groups excluding tert-OH is 2. The third kappa shape index (κ3) is 17.3. The first-order chi connectivity index (χ1) is 14.9. The van der Waals surface area contributed by atoms with Crippen molar-refractivity contribution in [2.45, 2.75) is 0 Å². The maximum Gasteiger partial charge on any atom is 0.101 e. The average Bonchev–Trinajstić information content (AvgIpc) is 2.82. The highest BCUT2D eigenvalue weighted by Crippen LogP contribution is 1.94. The number of piperazine rings is 2. The Hall–Kier alpha value is -0.400. The molecule has 0 radical (unpaired) electrons. The summed E-state index contributed by atoms with van der Waals surface area (Å²) in [6.07, 6.45) is 0. The van der Waals surface area contributed by atoms with Crippen molar-refractivity contribution in [2.24, 2.45) is 0 Å². The predicted octanol–water partition coefficient (Wildman–Crippen LogP) is -5.46. The van der Waals surface area contributed by atoms with E-state index in [1.165, 1.54) is 39.3 Å². The number of nitrogens with one attached hydrogen (secondary N) is 4. The van der Waals surface area contributed by atoms with Crippen LogP contribution in [0.4, 0.5) is 0 Å². The molecule has 3 heterocycles. The zero-order valence-electron chi connectivity index (χ0n) is 18.9. The molecule has 3 aliphatic heterocycles. The molecule has 0 unspecified atom stereocenters. The van der Waals surface area contributed by atoms with E-state index in [1.54, 1.807) is 4.90 Å². The molecule has 0 aromatic rings. The monoisotopic (exact) mass is 436 g/mol. The summed E-state index contributed by atoms with van der Waals surface area (Å²) in [7, 11) is 0. The Bertz CT molecular complexity index is 327. The molecule has 0 spiro atoms. The summed E-state index contributed by atoms with van der Waals surface area (Å²) in [6, 6.07) is 0. The van der Waals surface area contributed by atoms with Gasteiger partial charge in [0.2, 0.25) is 0 Å². The van der Waals surface area contributed by atoms with E-state index in [2.05, 4.69) is 26.2 Å². The first kappa shape index (κ1) is 27.6. The number of morpholine rings is 1.